The number of benzene rings is 2. The van der Waals surface area contributed by atoms with Gasteiger partial charge in [-0.2, -0.15) is 5.06 Å². The highest BCUT2D eigenvalue weighted by molar-refractivity contribution is 6.06. The summed E-state index contributed by atoms with van der Waals surface area (Å²) >= 11 is 0. The Morgan fingerprint density at radius 3 is 2.81 bits per heavy atom. The maximum atomic E-state index is 12.0. The summed E-state index contributed by atoms with van der Waals surface area (Å²) in [6.45, 7) is 0.620. The third-order valence-corrected chi connectivity index (χ3v) is 4.02. The number of rotatable bonds is 6. The molecule has 1 N–H and O–H groups in total. The van der Waals surface area contributed by atoms with Crippen molar-refractivity contribution in [2.45, 2.75) is 6.61 Å². The molecule has 0 fully saturated rings. The van der Waals surface area contributed by atoms with Gasteiger partial charge in [-0.15, -0.1) is 0 Å². The largest absolute Gasteiger partial charge is 0.489 e. The number of amides is 2. The number of urea groups is 1. The lowest BCUT2D eigenvalue weighted by Crippen LogP contribution is -2.37. The molecule has 1 aliphatic rings. The molecule has 0 radical (unpaired) electrons. The van der Waals surface area contributed by atoms with E-state index in [1.165, 1.54) is 19.3 Å². The normalized spacial score (nSPS) is 13.7. The molecule has 0 aliphatic carbocycles. The summed E-state index contributed by atoms with van der Waals surface area (Å²) < 4.78 is 11.5. The molecular weight excluding hydrogens is 350 g/mol. The second-order valence-corrected chi connectivity index (χ2v) is 5.62. The second kappa shape index (κ2) is 8.41. The van der Waals surface area contributed by atoms with Crippen LogP contribution in [-0.2, 0) is 16.3 Å². The minimum absolute atomic E-state index is 0.255. The van der Waals surface area contributed by atoms with Gasteiger partial charge in [0, 0.05) is 24.2 Å². The van der Waals surface area contributed by atoms with Gasteiger partial charge in [0.1, 0.15) is 37.5 Å². The molecule has 1 heterocycles. The van der Waals surface area contributed by atoms with E-state index in [1.54, 1.807) is 13.1 Å². The van der Waals surface area contributed by atoms with E-state index in [0.717, 1.165) is 16.8 Å². The number of para-hydroxylation sites is 1. The van der Waals surface area contributed by atoms with Crippen molar-refractivity contribution in [3.8, 4) is 11.5 Å². The van der Waals surface area contributed by atoms with Crippen molar-refractivity contribution < 1.29 is 23.9 Å². The van der Waals surface area contributed by atoms with E-state index in [0.29, 0.717) is 23.8 Å². The van der Waals surface area contributed by atoms with Gasteiger partial charge in [0.15, 0.2) is 0 Å². The summed E-state index contributed by atoms with van der Waals surface area (Å²) in [5, 5.41) is 7.67. The van der Waals surface area contributed by atoms with Gasteiger partial charge < -0.3 is 19.6 Å². The lowest BCUT2D eigenvalue weighted by molar-refractivity contribution is 0.163. The fourth-order valence-corrected chi connectivity index (χ4v) is 2.74. The lowest BCUT2D eigenvalue weighted by atomic mass is 10.1. The van der Waals surface area contributed by atoms with Crippen molar-refractivity contribution in [3.05, 3.63) is 53.6 Å². The van der Waals surface area contributed by atoms with Crippen molar-refractivity contribution >= 4 is 17.4 Å². The topological polar surface area (TPSA) is 81.6 Å². The lowest BCUT2D eigenvalue weighted by Gasteiger charge is -2.22. The molecule has 0 unspecified atom stereocenters. The highest BCUT2D eigenvalue weighted by Gasteiger charge is 2.21. The molecule has 27 heavy (non-hydrogen) atoms. The van der Waals surface area contributed by atoms with Crippen LogP contribution in [0.15, 0.2) is 47.6 Å². The molecule has 2 amide bonds. The van der Waals surface area contributed by atoms with Crippen molar-refractivity contribution in [1.82, 2.24) is 5.32 Å². The van der Waals surface area contributed by atoms with E-state index in [-0.39, 0.29) is 12.6 Å². The van der Waals surface area contributed by atoms with Crippen molar-refractivity contribution in [3.63, 3.8) is 0 Å². The molecule has 2 aromatic rings. The van der Waals surface area contributed by atoms with E-state index in [2.05, 4.69) is 10.5 Å². The molecule has 142 valence electrons. The first-order valence-corrected chi connectivity index (χ1v) is 8.31. The van der Waals surface area contributed by atoms with Crippen LogP contribution in [0, 0.1) is 0 Å². The van der Waals surface area contributed by atoms with Crippen LogP contribution in [-0.4, -0.2) is 39.6 Å². The third-order valence-electron chi connectivity index (χ3n) is 4.02. The quantitative estimate of drug-likeness (QED) is 0.790. The van der Waals surface area contributed by atoms with Gasteiger partial charge in [0.05, 0.1) is 12.8 Å². The number of nitrogens with one attached hydrogen (secondary N) is 1. The van der Waals surface area contributed by atoms with E-state index in [1.807, 2.05) is 36.4 Å². The zero-order chi connectivity index (χ0) is 19.2. The predicted octanol–water partition coefficient (Wildman–Crippen LogP) is 2.72. The van der Waals surface area contributed by atoms with Crippen LogP contribution >= 0.6 is 0 Å². The predicted molar refractivity (Wildman–Crippen MR) is 100 cm³/mol. The Hall–Kier alpha value is -3.26. The smallest absolute Gasteiger partial charge is 0.345 e. The van der Waals surface area contributed by atoms with Gasteiger partial charge in [-0.25, -0.2) is 4.79 Å². The van der Waals surface area contributed by atoms with Gasteiger partial charge in [-0.1, -0.05) is 23.4 Å². The Morgan fingerprint density at radius 1 is 1.26 bits per heavy atom. The Morgan fingerprint density at radius 2 is 2.07 bits per heavy atom. The minimum Gasteiger partial charge on any atom is -0.489 e. The van der Waals surface area contributed by atoms with E-state index in [4.69, 9.17) is 19.1 Å². The van der Waals surface area contributed by atoms with Crippen molar-refractivity contribution in [2.24, 2.45) is 5.16 Å². The maximum absolute atomic E-state index is 12.0. The average Bonchev–Trinajstić information content (AvgIpc) is 3.10. The number of carbonyl (C=O) groups is 1. The Labute approximate surface area is 157 Å². The number of anilines is 1. The molecule has 3 rings (SSSR count). The van der Waals surface area contributed by atoms with E-state index >= 15 is 0 Å². The van der Waals surface area contributed by atoms with E-state index < -0.39 is 0 Å². The van der Waals surface area contributed by atoms with Gasteiger partial charge in [0.25, 0.3) is 0 Å². The number of hydrogen-bond donors (Lipinski definition) is 1. The third kappa shape index (κ3) is 3.95. The first-order valence-electron chi connectivity index (χ1n) is 8.31. The summed E-state index contributed by atoms with van der Waals surface area (Å²) in [5.74, 6) is 1.34. The molecule has 0 saturated carbocycles. The van der Waals surface area contributed by atoms with E-state index in [9.17, 15) is 4.79 Å². The second-order valence-electron chi connectivity index (χ2n) is 5.62. The van der Waals surface area contributed by atoms with Crippen LogP contribution in [0.2, 0.25) is 0 Å². The van der Waals surface area contributed by atoms with Gasteiger partial charge >= 0.3 is 6.03 Å². The van der Waals surface area contributed by atoms with Crippen LogP contribution in [0.5, 0.6) is 11.5 Å². The van der Waals surface area contributed by atoms with Gasteiger partial charge in [-0.3, -0.25) is 4.84 Å². The molecule has 2 aromatic carbocycles. The molecule has 1 aliphatic heterocycles. The number of fused-ring (bicyclic) bond motifs is 1. The molecule has 0 bridgehead atoms. The highest BCUT2D eigenvalue weighted by atomic mass is 16.7. The molecule has 0 saturated heterocycles. The van der Waals surface area contributed by atoms with Crippen LogP contribution < -0.4 is 19.9 Å². The number of ether oxygens (including phenoxy) is 2. The van der Waals surface area contributed by atoms with Crippen LogP contribution in [0.1, 0.15) is 11.1 Å². The zero-order valence-electron chi connectivity index (χ0n) is 15.4. The zero-order valence-corrected chi connectivity index (χ0v) is 15.4. The number of oxime groups is 1. The molecule has 0 aromatic heterocycles. The molecule has 0 atom stereocenters. The molecule has 8 nitrogen and oxygen atoms in total. The first kappa shape index (κ1) is 18.5. The summed E-state index contributed by atoms with van der Waals surface area (Å²) in [6, 6.07) is 12.5. The number of hydroxylamine groups is 1. The number of hydrogen-bond acceptors (Lipinski definition) is 6. The Bertz CT molecular complexity index is 853. The summed E-state index contributed by atoms with van der Waals surface area (Å²) in [5.41, 5.74) is 3.03. The SMILES string of the molecule is CNC(=O)N(OC)c1ccccc1COc1ccc2c(c1)OCC2=NOC. The average molecular weight is 371 g/mol. The fraction of sp³-hybridized carbons (Fsp3) is 0.263. The van der Waals surface area contributed by atoms with Gasteiger partial charge in [-0.05, 0) is 18.2 Å². The van der Waals surface area contributed by atoms with Crippen LogP contribution in [0.3, 0.4) is 0 Å². The molecule has 0 spiro atoms. The number of nitrogens with zero attached hydrogens (tertiary/aromatic N) is 2. The summed E-state index contributed by atoms with van der Waals surface area (Å²) in [4.78, 5) is 22.0. The standard InChI is InChI=1S/C19H21N3O5/c1-20-19(23)22(25-3)17-7-5-4-6-13(17)11-26-14-8-9-15-16(21-24-2)12-27-18(15)10-14/h4-10H,11-12H2,1-3H3,(H,20,23). The Kier molecular flexibility index (Phi) is 5.77. The maximum Gasteiger partial charge on any atom is 0.345 e. The molecule has 8 heteroatoms. The van der Waals surface area contributed by atoms with Crippen LogP contribution in [0.4, 0.5) is 10.5 Å². The van der Waals surface area contributed by atoms with Crippen molar-refractivity contribution in [1.29, 1.82) is 0 Å². The Balaban J connectivity index is 1.77. The summed E-state index contributed by atoms with van der Waals surface area (Å²) in [7, 11) is 4.48. The highest BCUT2D eigenvalue weighted by Crippen LogP contribution is 2.31. The fourth-order valence-electron chi connectivity index (χ4n) is 2.74. The van der Waals surface area contributed by atoms with Crippen molar-refractivity contribution in [2.75, 3.05) is 32.9 Å². The van der Waals surface area contributed by atoms with Crippen LogP contribution in [0.25, 0.3) is 0 Å². The first-order chi connectivity index (χ1) is 13.2. The van der Waals surface area contributed by atoms with Gasteiger partial charge in [0.2, 0.25) is 0 Å². The number of carbonyl (C=O) groups excluding carboxylic acids is 1. The summed E-state index contributed by atoms with van der Waals surface area (Å²) in [6.07, 6.45) is 0. The monoisotopic (exact) mass is 371 g/mol. The minimum atomic E-state index is -0.374. The molecular formula is C19H21N3O5.